The van der Waals surface area contributed by atoms with Gasteiger partial charge >= 0.3 is 0 Å². The number of hydrogen-bond acceptors (Lipinski definition) is 5. The zero-order valence-corrected chi connectivity index (χ0v) is 33.8. The van der Waals surface area contributed by atoms with Crippen molar-refractivity contribution < 1.29 is 37.2 Å². The van der Waals surface area contributed by atoms with Crippen LogP contribution in [0.25, 0.3) is 44.3 Å². The number of pyridine rings is 1. The van der Waals surface area contributed by atoms with Crippen molar-refractivity contribution in [1.29, 1.82) is 0 Å². The quantitative estimate of drug-likeness (QED) is 0.0860. The maximum absolute atomic E-state index is 11.7. The van der Waals surface area contributed by atoms with E-state index in [0.29, 0.717) is 11.1 Å². The van der Waals surface area contributed by atoms with Crippen LogP contribution >= 0.6 is 0 Å². The molecule has 5 aromatic rings. The Morgan fingerprint density at radius 3 is 2.16 bits per heavy atom. The molecule has 5 rings (SSSR count). The number of oxazole rings is 1. The van der Waals surface area contributed by atoms with Crippen LogP contribution in [0, 0.1) is 23.3 Å². The predicted octanol–water partition coefficient (Wildman–Crippen LogP) is 12.3. The Morgan fingerprint density at radius 2 is 1.54 bits per heavy atom. The molecular formula is C44H55IrN2O3-. The monoisotopic (exact) mass is 854 g/mol. The van der Waals surface area contributed by atoms with Crippen LogP contribution in [-0.4, -0.2) is 20.9 Å². The minimum absolute atomic E-state index is 0. The first-order valence-electron chi connectivity index (χ1n) is 18.7. The molecule has 0 amide bonds. The molecule has 0 aliphatic carbocycles. The van der Waals surface area contributed by atoms with Gasteiger partial charge in [-0.3, -0.25) is 9.78 Å². The Kier molecular flexibility index (Phi) is 13.2. The second-order valence-electron chi connectivity index (χ2n) is 14.9. The van der Waals surface area contributed by atoms with Gasteiger partial charge in [0.1, 0.15) is 5.52 Å². The molecule has 0 atom stereocenters. The van der Waals surface area contributed by atoms with Gasteiger partial charge in [-0.25, -0.2) is 4.98 Å². The zero-order chi connectivity index (χ0) is 37.7. The average Bonchev–Trinajstić information content (AvgIpc) is 3.53. The number of aliphatic hydroxyl groups is 1. The largest absolute Gasteiger partial charge is 0.512 e. The van der Waals surface area contributed by atoms with E-state index in [0.717, 1.165) is 53.5 Å². The molecule has 0 saturated carbocycles. The standard InChI is InChI=1S/C31H31N2O.C13H24O2.Ir/c1-30(2,3)19-29-33-27-18-20(11-12-28(27)34-29)21-13-14-32-26(17-21)23-15-22-9-7-8-10-24(22)25(16-23)31(4,5)6;1-5-10(6-2)12(14)9-13(15)11(7-3)8-4;/h7-14,16-18H,19H2,1-6H3;9-11,14H,5-8H2,1-4H3;/q-1;;/b;12-9-;/i19D2;;. The molecule has 1 radical (unpaired) electrons. The number of ketones is 1. The van der Waals surface area contributed by atoms with Crippen molar-refractivity contribution in [2.75, 3.05) is 0 Å². The van der Waals surface area contributed by atoms with E-state index in [4.69, 9.17) is 7.16 Å². The molecule has 0 saturated heterocycles. The third-order valence-corrected chi connectivity index (χ3v) is 8.90. The molecule has 0 spiro atoms. The summed E-state index contributed by atoms with van der Waals surface area (Å²) in [7, 11) is 0. The zero-order valence-electron chi connectivity index (χ0n) is 33.4. The summed E-state index contributed by atoms with van der Waals surface area (Å²) in [6.45, 7) is 20.3. The molecule has 0 aliphatic rings. The van der Waals surface area contributed by atoms with E-state index >= 15 is 0 Å². The smallest absolute Gasteiger partial charge is 0.195 e. The molecule has 6 heteroatoms. The molecule has 0 aliphatic heterocycles. The van der Waals surface area contributed by atoms with Gasteiger partial charge in [0.25, 0.3) is 0 Å². The number of aliphatic hydroxyl groups excluding tert-OH is 1. The van der Waals surface area contributed by atoms with Gasteiger partial charge in [-0.15, -0.1) is 29.1 Å². The van der Waals surface area contributed by atoms with Crippen LogP contribution in [0.3, 0.4) is 0 Å². The average molecular weight is 854 g/mol. The molecule has 0 unspecified atom stereocenters. The van der Waals surface area contributed by atoms with Gasteiger partial charge in [0.15, 0.2) is 17.3 Å². The SMILES string of the molecule is CCC(CC)C(=O)/C=C(\O)C(CC)CC.[2H]C([2H])(c1nc2cc(-c3ccnc(-c4[c-]c5ccccc5c(C(C)(C)C)c4)c3)ccc2o1)C(C)(C)C.[Ir]. The molecule has 50 heavy (non-hydrogen) atoms. The second kappa shape index (κ2) is 17.6. The Balaban J connectivity index is 0.000000389. The van der Waals surface area contributed by atoms with Crippen molar-refractivity contribution in [3.8, 4) is 22.4 Å². The van der Waals surface area contributed by atoms with Crippen molar-refractivity contribution in [3.63, 3.8) is 0 Å². The molecule has 2 heterocycles. The van der Waals surface area contributed by atoms with Gasteiger partial charge in [0.2, 0.25) is 0 Å². The molecule has 0 fully saturated rings. The van der Waals surface area contributed by atoms with Crippen LogP contribution in [0.2, 0.25) is 0 Å². The first-order valence-corrected chi connectivity index (χ1v) is 17.7. The number of hydrogen-bond donors (Lipinski definition) is 1. The second-order valence-corrected chi connectivity index (χ2v) is 14.9. The third kappa shape index (κ3) is 10.5. The summed E-state index contributed by atoms with van der Waals surface area (Å²) in [5.41, 5.74) is 5.62. The van der Waals surface area contributed by atoms with E-state index in [2.05, 4.69) is 67.1 Å². The normalized spacial score (nSPS) is 13.2. The Bertz CT molecular complexity index is 1990. The van der Waals surface area contributed by atoms with Gasteiger partial charge in [-0.1, -0.05) is 111 Å². The molecule has 0 bridgehead atoms. The van der Waals surface area contributed by atoms with Gasteiger partial charge in [-0.2, -0.15) is 0 Å². The van der Waals surface area contributed by atoms with Crippen molar-refractivity contribution in [1.82, 2.24) is 9.97 Å². The fourth-order valence-electron chi connectivity index (χ4n) is 6.01. The van der Waals surface area contributed by atoms with Crippen molar-refractivity contribution >= 4 is 27.7 Å². The van der Waals surface area contributed by atoms with Gasteiger partial charge in [-0.05, 0) is 65.8 Å². The van der Waals surface area contributed by atoms with Crippen LogP contribution < -0.4 is 0 Å². The summed E-state index contributed by atoms with van der Waals surface area (Å²) in [6.07, 6.45) is 5.04. The number of carbonyl (C=O) groups excluding carboxylic acids is 1. The molecule has 2 aromatic heterocycles. The summed E-state index contributed by atoms with van der Waals surface area (Å²) in [4.78, 5) is 20.9. The summed E-state index contributed by atoms with van der Waals surface area (Å²) in [5, 5.41) is 12.1. The van der Waals surface area contributed by atoms with Crippen molar-refractivity contribution in [2.24, 2.45) is 17.3 Å². The fourth-order valence-corrected chi connectivity index (χ4v) is 6.01. The topological polar surface area (TPSA) is 76.2 Å². The minimum Gasteiger partial charge on any atom is -0.512 e. The van der Waals surface area contributed by atoms with Crippen LogP contribution in [0.1, 0.15) is 109 Å². The molecule has 3 aromatic carbocycles. The maximum atomic E-state index is 11.7. The Hall–Kier alpha value is -3.60. The van der Waals surface area contributed by atoms with Crippen LogP contribution in [0.4, 0.5) is 0 Å². The summed E-state index contributed by atoms with van der Waals surface area (Å²) >= 11 is 0. The van der Waals surface area contributed by atoms with Crippen molar-refractivity contribution in [3.05, 3.63) is 96.2 Å². The molecule has 1 N–H and O–H groups in total. The van der Waals surface area contributed by atoms with Gasteiger partial charge in [0.05, 0.1) is 5.76 Å². The minimum atomic E-state index is -1.69. The van der Waals surface area contributed by atoms with Gasteiger partial charge in [0, 0.05) is 59.0 Å². The number of benzene rings is 3. The number of rotatable bonds is 10. The third-order valence-electron chi connectivity index (χ3n) is 8.90. The van der Waals surface area contributed by atoms with E-state index in [9.17, 15) is 9.90 Å². The fraction of sp³-hybridized carbons (Fsp3) is 0.432. The number of aromatic nitrogens is 2. The van der Waals surface area contributed by atoms with E-state index < -0.39 is 11.8 Å². The number of carbonyl (C=O) groups is 1. The predicted molar refractivity (Wildman–Crippen MR) is 205 cm³/mol. The number of nitrogens with zero attached hydrogens (tertiary/aromatic N) is 2. The summed E-state index contributed by atoms with van der Waals surface area (Å²) in [6, 6.07) is 24.0. The molecule has 5 nitrogen and oxygen atoms in total. The Morgan fingerprint density at radius 1 is 0.900 bits per heavy atom. The first-order chi connectivity index (χ1) is 23.9. The summed E-state index contributed by atoms with van der Waals surface area (Å²) in [5.74, 6) is 0.657. The summed E-state index contributed by atoms with van der Waals surface area (Å²) < 4.78 is 22.8. The first kappa shape index (κ1) is 37.6. The van der Waals surface area contributed by atoms with E-state index in [1.165, 1.54) is 17.0 Å². The van der Waals surface area contributed by atoms with Crippen LogP contribution in [0.5, 0.6) is 0 Å². The number of fused-ring (bicyclic) bond motifs is 2. The van der Waals surface area contributed by atoms with Crippen LogP contribution in [-0.2, 0) is 36.7 Å². The van der Waals surface area contributed by atoms with E-state index in [1.54, 1.807) is 0 Å². The molecular weight excluding hydrogens is 797 g/mol. The Labute approximate surface area is 316 Å². The maximum Gasteiger partial charge on any atom is 0.195 e. The van der Waals surface area contributed by atoms with Crippen molar-refractivity contribution in [2.45, 2.75) is 107 Å². The van der Waals surface area contributed by atoms with E-state index in [-0.39, 0.29) is 54.8 Å². The number of allylic oxidation sites excluding steroid dienone is 2. The molecule has 269 valence electrons. The van der Waals surface area contributed by atoms with Gasteiger partial charge < -0.3 is 9.52 Å². The van der Waals surface area contributed by atoms with Crippen LogP contribution in [0.15, 0.2) is 83.1 Å². The van der Waals surface area contributed by atoms with E-state index in [1.807, 2.05) is 85.0 Å².